The molecule has 0 aliphatic heterocycles. The molecule has 0 unspecified atom stereocenters. The van der Waals surface area contributed by atoms with Crippen LogP contribution in [-0.4, -0.2) is 48.1 Å². The van der Waals surface area contributed by atoms with Gasteiger partial charge in [-0.25, -0.2) is 0 Å². The molecule has 2 N–H and O–H groups in total. The number of ketones is 1. The lowest BCUT2D eigenvalue weighted by molar-refractivity contribution is -0.432. The summed E-state index contributed by atoms with van der Waals surface area (Å²) in [7, 11) is 0. The molecule has 0 aromatic heterocycles. The lowest BCUT2D eigenvalue weighted by Gasteiger charge is -2.70. The van der Waals surface area contributed by atoms with Crippen LogP contribution in [0.5, 0.6) is 0 Å². The van der Waals surface area contributed by atoms with Crippen LogP contribution in [0.25, 0.3) is 0 Å². The average molecular weight is 480 g/mol. The minimum absolute atomic E-state index is 0.0597. The van der Waals surface area contributed by atoms with Gasteiger partial charge >= 0.3 is 12.5 Å². The summed E-state index contributed by atoms with van der Waals surface area (Å²) in [4.78, 5) is 24.4. The van der Waals surface area contributed by atoms with E-state index in [2.05, 4.69) is 15.4 Å². The molecule has 1 aromatic rings. The first-order valence-electron chi connectivity index (χ1n) is 10.4. The van der Waals surface area contributed by atoms with Crippen molar-refractivity contribution in [1.29, 1.82) is 0 Å². The number of benzene rings is 1. The minimum atomic E-state index is -4.85. The van der Waals surface area contributed by atoms with Gasteiger partial charge < -0.3 is 15.4 Å². The molecule has 4 aliphatic carbocycles. The molecule has 0 radical (unpaired) electrons. The number of alkyl halides is 6. The predicted molar refractivity (Wildman–Crippen MR) is 101 cm³/mol. The smallest absolute Gasteiger partial charge is 0.348 e. The molecular formula is C21H22F6N2O4. The molecule has 1 amide bonds. The van der Waals surface area contributed by atoms with E-state index in [0.29, 0.717) is 25.7 Å². The summed E-state index contributed by atoms with van der Waals surface area (Å²) in [5, 5.41) is 5.88. The van der Waals surface area contributed by atoms with Crippen molar-refractivity contribution < 1.29 is 45.4 Å². The van der Waals surface area contributed by atoms with Crippen molar-refractivity contribution in [3.05, 3.63) is 35.4 Å². The molecule has 0 spiro atoms. The van der Waals surface area contributed by atoms with Crippen molar-refractivity contribution in [2.75, 3.05) is 13.2 Å². The number of carbonyl (C=O) groups excluding carboxylic acids is 2. The molecule has 4 fully saturated rings. The number of nitrogens with one attached hydrogen (secondary N) is 2. The Morgan fingerprint density at radius 2 is 1.55 bits per heavy atom. The van der Waals surface area contributed by atoms with Gasteiger partial charge in [-0.2, -0.15) is 13.2 Å². The summed E-state index contributed by atoms with van der Waals surface area (Å²) in [6.07, 6.45) is -7.07. The van der Waals surface area contributed by atoms with Crippen molar-refractivity contribution in [1.82, 2.24) is 10.6 Å². The van der Waals surface area contributed by atoms with Gasteiger partial charge in [0.25, 0.3) is 0 Å². The molecule has 4 aliphatic rings. The number of amides is 1. The Hall–Kier alpha value is -2.18. The Kier molecular flexibility index (Phi) is 5.77. The second-order valence-corrected chi connectivity index (χ2v) is 9.09. The van der Waals surface area contributed by atoms with E-state index in [1.165, 1.54) is 0 Å². The molecule has 0 saturated heterocycles. The molecule has 12 heteroatoms. The van der Waals surface area contributed by atoms with Crippen LogP contribution in [-0.2, 0) is 20.4 Å². The molecule has 0 atom stereocenters. The fourth-order valence-electron chi connectivity index (χ4n) is 4.80. The zero-order valence-electron chi connectivity index (χ0n) is 17.4. The standard InChI is InChI=1S/C21H22F6N2O4/c22-20(23,24)14-4-2-13(3-5-14)15(30)8-28-17-10-18(11-17,12-17)29-16(31)9-32-19(6-1-7-19)33-21(25,26)27/h2-5,28H,1,6-12H2,(H,29,31). The van der Waals surface area contributed by atoms with E-state index >= 15 is 0 Å². The number of hydrogen-bond donors (Lipinski definition) is 2. The van der Waals surface area contributed by atoms with Gasteiger partial charge in [0.1, 0.15) is 6.61 Å². The van der Waals surface area contributed by atoms with Gasteiger partial charge in [0.15, 0.2) is 11.6 Å². The van der Waals surface area contributed by atoms with Crippen LogP contribution in [0.15, 0.2) is 24.3 Å². The van der Waals surface area contributed by atoms with Crippen LogP contribution < -0.4 is 10.6 Å². The summed E-state index contributed by atoms with van der Waals surface area (Å²) in [6, 6.07) is 3.98. The lowest BCUT2D eigenvalue weighted by atomic mass is 9.44. The molecule has 182 valence electrons. The number of carbonyl (C=O) groups is 2. The largest absolute Gasteiger partial charge is 0.524 e. The van der Waals surface area contributed by atoms with Crippen LogP contribution in [0.2, 0.25) is 0 Å². The first kappa shape index (κ1) is 24.0. The highest BCUT2D eigenvalue weighted by molar-refractivity contribution is 5.97. The fraction of sp³-hybridized carbons (Fsp3) is 0.619. The molecule has 4 saturated carbocycles. The van der Waals surface area contributed by atoms with Gasteiger partial charge in [-0.1, -0.05) is 12.1 Å². The molecule has 0 heterocycles. The van der Waals surface area contributed by atoms with Crippen molar-refractivity contribution >= 4 is 11.7 Å². The van der Waals surface area contributed by atoms with Crippen LogP contribution in [0.1, 0.15) is 54.4 Å². The van der Waals surface area contributed by atoms with Gasteiger partial charge in [-0.15, -0.1) is 13.2 Å². The first-order valence-corrected chi connectivity index (χ1v) is 10.4. The Balaban J connectivity index is 1.18. The summed E-state index contributed by atoms with van der Waals surface area (Å²) in [5.74, 6) is -2.69. The Bertz CT molecular complexity index is 904. The van der Waals surface area contributed by atoms with Crippen LogP contribution >= 0.6 is 0 Å². The van der Waals surface area contributed by atoms with E-state index in [4.69, 9.17) is 4.74 Å². The highest BCUT2D eigenvalue weighted by Crippen LogP contribution is 2.60. The summed E-state index contributed by atoms with van der Waals surface area (Å²) < 4.78 is 84.5. The lowest BCUT2D eigenvalue weighted by Crippen LogP contribution is -2.83. The Morgan fingerprint density at radius 3 is 2.03 bits per heavy atom. The highest BCUT2D eigenvalue weighted by atomic mass is 19.4. The van der Waals surface area contributed by atoms with Gasteiger partial charge in [-0.05, 0) is 37.8 Å². The van der Waals surface area contributed by atoms with Gasteiger partial charge in [0, 0.05) is 29.5 Å². The summed E-state index contributed by atoms with van der Waals surface area (Å²) in [5.41, 5.74) is -1.50. The fourth-order valence-corrected chi connectivity index (χ4v) is 4.80. The van der Waals surface area contributed by atoms with E-state index in [1.807, 2.05) is 0 Å². The second-order valence-electron chi connectivity index (χ2n) is 9.09. The molecule has 33 heavy (non-hydrogen) atoms. The number of rotatable bonds is 9. The van der Waals surface area contributed by atoms with E-state index in [1.54, 1.807) is 0 Å². The summed E-state index contributed by atoms with van der Waals surface area (Å²) in [6.45, 7) is -0.611. The number of ether oxygens (including phenoxy) is 2. The van der Waals surface area contributed by atoms with Crippen molar-refractivity contribution in [2.24, 2.45) is 0 Å². The number of halogens is 6. The quantitative estimate of drug-likeness (QED) is 0.320. The average Bonchev–Trinajstić information content (AvgIpc) is 2.63. The zero-order chi connectivity index (χ0) is 24.1. The van der Waals surface area contributed by atoms with Crippen molar-refractivity contribution in [3.63, 3.8) is 0 Å². The third-order valence-electron chi connectivity index (χ3n) is 6.48. The molecule has 6 nitrogen and oxygen atoms in total. The van der Waals surface area contributed by atoms with E-state index in [0.717, 1.165) is 24.3 Å². The van der Waals surface area contributed by atoms with E-state index in [9.17, 15) is 35.9 Å². The number of Topliss-reactive ketones (excluding diaryl/α,β-unsaturated/α-hetero) is 1. The van der Waals surface area contributed by atoms with Crippen LogP contribution in [0.4, 0.5) is 26.3 Å². The zero-order valence-corrected chi connectivity index (χ0v) is 17.4. The minimum Gasteiger partial charge on any atom is -0.348 e. The monoisotopic (exact) mass is 480 g/mol. The maximum Gasteiger partial charge on any atom is 0.524 e. The van der Waals surface area contributed by atoms with E-state index in [-0.39, 0.29) is 36.3 Å². The van der Waals surface area contributed by atoms with Gasteiger partial charge in [0.05, 0.1) is 12.1 Å². The highest BCUT2D eigenvalue weighted by Gasteiger charge is 2.68. The van der Waals surface area contributed by atoms with E-state index < -0.39 is 41.9 Å². The SMILES string of the molecule is O=C(COC1(OC(F)(F)F)CCC1)NC12CC(NCC(=O)c3ccc(C(F)(F)F)cc3)(C1)C2. The van der Waals surface area contributed by atoms with Crippen LogP contribution in [0, 0.1) is 0 Å². The van der Waals surface area contributed by atoms with Crippen molar-refractivity contribution in [2.45, 2.75) is 67.9 Å². The predicted octanol–water partition coefficient (Wildman–Crippen LogP) is 3.70. The van der Waals surface area contributed by atoms with Crippen LogP contribution in [0.3, 0.4) is 0 Å². The number of hydrogen-bond acceptors (Lipinski definition) is 5. The maximum absolute atomic E-state index is 12.6. The molecule has 2 bridgehead atoms. The topological polar surface area (TPSA) is 76.7 Å². The Morgan fingerprint density at radius 1 is 0.939 bits per heavy atom. The van der Waals surface area contributed by atoms with Gasteiger partial charge in [-0.3, -0.25) is 14.3 Å². The molecular weight excluding hydrogens is 458 g/mol. The third-order valence-corrected chi connectivity index (χ3v) is 6.48. The molecule has 1 aromatic carbocycles. The first-order chi connectivity index (χ1) is 15.2. The van der Waals surface area contributed by atoms with Gasteiger partial charge in [0.2, 0.25) is 5.91 Å². The maximum atomic E-state index is 12.6. The third kappa shape index (κ3) is 5.17. The Labute approximate surface area is 185 Å². The second kappa shape index (κ2) is 7.95. The van der Waals surface area contributed by atoms with Crippen molar-refractivity contribution in [3.8, 4) is 0 Å². The molecule has 5 rings (SSSR count). The summed E-state index contributed by atoms with van der Waals surface area (Å²) >= 11 is 0. The normalized spacial score (nSPS) is 27.7.